The monoisotopic (exact) mass is 575 g/mol. The topological polar surface area (TPSA) is 89.8 Å². The summed E-state index contributed by atoms with van der Waals surface area (Å²) in [6.07, 6.45) is 20.2. The zero-order valence-corrected chi connectivity index (χ0v) is 27.6. The Labute approximate surface area is 252 Å². The smallest absolute Gasteiger partial charge is 0.121 e. The number of hydrogen-bond donors (Lipinski definition) is 2. The fraction of sp³-hybridized carbons (Fsp3) is 0.806. The van der Waals surface area contributed by atoms with Crippen LogP contribution in [0.1, 0.15) is 151 Å². The molecule has 0 aromatic heterocycles. The van der Waals surface area contributed by atoms with Crippen LogP contribution >= 0.6 is 0 Å². The summed E-state index contributed by atoms with van der Waals surface area (Å²) < 4.78 is 6.33. The van der Waals surface area contributed by atoms with Crippen molar-refractivity contribution >= 4 is 5.97 Å². The zero-order chi connectivity index (χ0) is 30.8. The molecule has 0 aliphatic heterocycles. The zero-order valence-electron chi connectivity index (χ0n) is 27.6. The van der Waals surface area contributed by atoms with Crippen LogP contribution in [0.4, 0.5) is 0 Å². The molecule has 5 unspecified atom stereocenters. The Morgan fingerprint density at radius 3 is 2.44 bits per heavy atom. The summed E-state index contributed by atoms with van der Waals surface area (Å²) in [5.74, 6) is 0.265. The molecule has 0 spiro atoms. The molecule has 5 atom stereocenters. The lowest BCUT2D eigenvalue weighted by Gasteiger charge is -2.29. The van der Waals surface area contributed by atoms with Crippen molar-refractivity contribution in [2.24, 2.45) is 17.8 Å². The van der Waals surface area contributed by atoms with Gasteiger partial charge in [-0.1, -0.05) is 77.9 Å². The van der Waals surface area contributed by atoms with Gasteiger partial charge in [-0.2, -0.15) is 0 Å². The first-order valence-electron chi connectivity index (χ1n) is 16.7. The van der Waals surface area contributed by atoms with Crippen molar-refractivity contribution in [1.29, 1.82) is 0 Å². The van der Waals surface area contributed by atoms with E-state index in [1.807, 2.05) is 13.0 Å². The largest absolute Gasteiger partial charge is 0.550 e. The highest BCUT2D eigenvalue weighted by Crippen LogP contribution is 2.34. The lowest BCUT2D eigenvalue weighted by molar-refractivity contribution is -0.311. The van der Waals surface area contributed by atoms with E-state index in [-0.39, 0.29) is 5.92 Å². The molecule has 1 aliphatic carbocycles. The molecule has 0 fully saturated rings. The molecule has 1 aliphatic rings. The number of carbonyl (C=O) groups excluding carboxylic acids is 1. The third kappa shape index (κ3) is 16.0. The number of aliphatic carboxylic acids is 1. The maximum absolute atomic E-state index is 10.9. The average Bonchev–Trinajstić information content (AvgIpc) is 2.90. The van der Waals surface area contributed by atoms with Crippen LogP contribution in [0.5, 0.6) is 0 Å². The summed E-state index contributed by atoms with van der Waals surface area (Å²) >= 11 is 0. The molecule has 0 saturated carbocycles. The molecular formula is C36H63O5-. The number of rotatable bonds is 23. The van der Waals surface area contributed by atoms with Gasteiger partial charge in [0.15, 0.2) is 0 Å². The Morgan fingerprint density at radius 1 is 1.07 bits per heavy atom. The minimum absolute atomic E-state index is 0.104. The van der Waals surface area contributed by atoms with Crippen molar-refractivity contribution in [3.63, 3.8) is 0 Å². The van der Waals surface area contributed by atoms with Crippen LogP contribution in [0.2, 0.25) is 0 Å². The van der Waals surface area contributed by atoms with Crippen molar-refractivity contribution < 1.29 is 24.9 Å². The summed E-state index contributed by atoms with van der Waals surface area (Å²) in [6.45, 7) is 15.2. The van der Waals surface area contributed by atoms with Crippen molar-refractivity contribution in [3.05, 3.63) is 34.6 Å². The van der Waals surface area contributed by atoms with Crippen molar-refractivity contribution in [2.45, 2.75) is 163 Å². The predicted octanol–water partition coefficient (Wildman–Crippen LogP) is 8.19. The Balaban J connectivity index is 2.40. The number of carboxylic acids is 1. The first-order chi connectivity index (χ1) is 19.4. The molecule has 238 valence electrons. The van der Waals surface area contributed by atoms with Gasteiger partial charge in [0.05, 0.1) is 18.3 Å². The van der Waals surface area contributed by atoms with E-state index in [9.17, 15) is 20.1 Å². The number of hydrogen-bond acceptors (Lipinski definition) is 5. The summed E-state index contributed by atoms with van der Waals surface area (Å²) in [5, 5.41) is 32.1. The summed E-state index contributed by atoms with van der Waals surface area (Å²) in [6, 6.07) is 0. The number of carbonyl (C=O) groups is 1. The molecule has 0 aromatic rings. The van der Waals surface area contributed by atoms with Crippen LogP contribution < -0.4 is 5.11 Å². The second-order valence-corrected chi connectivity index (χ2v) is 13.3. The SMILES string of the molecule is CCCCCCCCOC1=C(C)C(C)C(O)C=C1CCC(C)CCC/C(C)=C/CCC(C)(O)CCCC(C)C(=O)[O-]. The minimum atomic E-state index is -1.01. The number of unbranched alkanes of at least 4 members (excludes halogenated alkanes) is 5. The van der Waals surface area contributed by atoms with Crippen LogP contribution in [0.25, 0.3) is 0 Å². The van der Waals surface area contributed by atoms with Crippen molar-refractivity contribution in [1.82, 2.24) is 0 Å². The van der Waals surface area contributed by atoms with E-state index in [1.54, 1.807) is 6.92 Å². The standard InChI is InChI=1S/C36H64O5/c1-8-9-10-11-12-13-25-41-34-31(6)30(5)33(37)26-32(34)22-21-28(3)18-14-17-27(2)19-15-23-36(7,40)24-16-20-29(4)35(38)39/h19,26,28-30,33,37,40H,8-18,20-25H2,1-7H3,(H,38,39)/p-1/b27-19+. The van der Waals surface area contributed by atoms with Crippen LogP contribution in [-0.4, -0.2) is 34.5 Å². The molecule has 0 radical (unpaired) electrons. The number of carboxylic acid groups (broad SMARTS) is 1. The van der Waals surface area contributed by atoms with Crippen LogP contribution in [0.15, 0.2) is 34.6 Å². The van der Waals surface area contributed by atoms with E-state index in [0.717, 1.165) is 50.9 Å². The number of aliphatic hydroxyl groups excluding tert-OH is 1. The van der Waals surface area contributed by atoms with Gasteiger partial charge in [-0.25, -0.2) is 0 Å². The van der Waals surface area contributed by atoms with Gasteiger partial charge in [0.2, 0.25) is 0 Å². The molecular weight excluding hydrogens is 512 g/mol. The quantitative estimate of drug-likeness (QED) is 0.0947. The van der Waals surface area contributed by atoms with Crippen LogP contribution in [0, 0.1) is 17.8 Å². The van der Waals surface area contributed by atoms with Crippen molar-refractivity contribution in [3.8, 4) is 0 Å². The van der Waals surface area contributed by atoms with E-state index >= 15 is 0 Å². The molecule has 1 rings (SSSR count). The Bertz CT molecular complexity index is 837. The fourth-order valence-electron chi connectivity index (χ4n) is 5.64. The van der Waals surface area contributed by atoms with Gasteiger partial charge in [0.25, 0.3) is 0 Å². The first-order valence-corrected chi connectivity index (χ1v) is 16.7. The van der Waals surface area contributed by atoms with Crippen LogP contribution in [0.3, 0.4) is 0 Å². The predicted molar refractivity (Wildman–Crippen MR) is 169 cm³/mol. The molecule has 5 nitrogen and oxygen atoms in total. The number of ether oxygens (including phenoxy) is 1. The molecule has 0 bridgehead atoms. The van der Waals surface area contributed by atoms with Crippen LogP contribution in [-0.2, 0) is 9.53 Å². The number of allylic oxidation sites excluding steroid dienone is 3. The Morgan fingerprint density at radius 2 is 1.76 bits per heavy atom. The minimum Gasteiger partial charge on any atom is -0.550 e. The molecule has 0 heterocycles. The van der Waals surface area contributed by atoms with E-state index in [4.69, 9.17) is 4.74 Å². The van der Waals surface area contributed by atoms with E-state index < -0.39 is 23.6 Å². The normalized spacial score (nSPS) is 20.9. The highest BCUT2D eigenvalue weighted by Gasteiger charge is 2.26. The molecule has 0 saturated heterocycles. The molecule has 0 amide bonds. The molecule has 41 heavy (non-hydrogen) atoms. The Kier molecular flexibility index (Phi) is 18.6. The third-order valence-corrected chi connectivity index (χ3v) is 9.07. The lowest BCUT2D eigenvalue weighted by Crippen LogP contribution is -2.30. The Hall–Kier alpha value is -1.59. The van der Waals surface area contributed by atoms with Gasteiger partial charge in [-0.3, -0.25) is 0 Å². The summed E-state index contributed by atoms with van der Waals surface area (Å²) in [5.41, 5.74) is 2.97. The van der Waals surface area contributed by atoms with Gasteiger partial charge in [-0.15, -0.1) is 0 Å². The highest BCUT2D eigenvalue weighted by atomic mass is 16.5. The van der Waals surface area contributed by atoms with Gasteiger partial charge >= 0.3 is 0 Å². The van der Waals surface area contributed by atoms with Crippen molar-refractivity contribution in [2.75, 3.05) is 6.61 Å². The second kappa shape index (κ2) is 20.3. The van der Waals surface area contributed by atoms with Gasteiger partial charge in [0.1, 0.15) is 5.76 Å². The highest BCUT2D eigenvalue weighted by molar-refractivity contribution is 5.66. The lowest BCUT2D eigenvalue weighted by atomic mass is 9.84. The van der Waals surface area contributed by atoms with Gasteiger partial charge in [-0.05, 0) is 114 Å². The van der Waals surface area contributed by atoms with Gasteiger partial charge < -0.3 is 24.9 Å². The van der Waals surface area contributed by atoms with E-state index in [0.29, 0.717) is 31.6 Å². The van der Waals surface area contributed by atoms with Gasteiger partial charge in [0, 0.05) is 11.9 Å². The maximum atomic E-state index is 10.9. The molecule has 0 aromatic carbocycles. The maximum Gasteiger partial charge on any atom is 0.121 e. The fourth-order valence-corrected chi connectivity index (χ4v) is 5.64. The third-order valence-electron chi connectivity index (χ3n) is 9.07. The average molecular weight is 576 g/mol. The molecule has 5 heteroatoms. The number of aliphatic hydroxyl groups is 2. The first kappa shape index (κ1) is 37.4. The van der Waals surface area contributed by atoms with E-state index in [1.165, 1.54) is 55.2 Å². The van der Waals surface area contributed by atoms with E-state index in [2.05, 4.69) is 40.7 Å². The molecule has 2 N–H and O–H groups in total. The second-order valence-electron chi connectivity index (χ2n) is 13.3. The summed E-state index contributed by atoms with van der Waals surface area (Å²) in [4.78, 5) is 10.9. The summed E-state index contributed by atoms with van der Waals surface area (Å²) in [7, 11) is 0.